The van der Waals surface area contributed by atoms with Crippen molar-refractivity contribution in [2.45, 2.75) is 45.4 Å². The average molecular weight is 338 g/mol. The third kappa shape index (κ3) is 3.77. The number of para-hydroxylation sites is 1. The van der Waals surface area contributed by atoms with Crippen LogP contribution in [0.5, 0.6) is 0 Å². The number of hydrogen-bond acceptors (Lipinski definition) is 1. The summed E-state index contributed by atoms with van der Waals surface area (Å²) in [7, 11) is 0. The summed E-state index contributed by atoms with van der Waals surface area (Å²) in [4.78, 5) is 3.55. The zero-order chi connectivity index (χ0) is 17.6. The molecule has 0 aliphatic heterocycles. The van der Waals surface area contributed by atoms with E-state index >= 15 is 0 Å². The Bertz CT molecular complexity index is 835. The minimum absolute atomic E-state index is 0.177. The van der Waals surface area contributed by atoms with E-state index in [2.05, 4.69) is 30.1 Å². The largest absolute Gasteiger partial charge is 0.354 e. The van der Waals surface area contributed by atoms with Gasteiger partial charge in [0.15, 0.2) is 0 Å². The minimum atomic E-state index is -0.177. The molecule has 0 aliphatic rings. The molecule has 1 heterocycles. The van der Waals surface area contributed by atoms with Gasteiger partial charge in [-0.3, -0.25) is 0 Å². The van der Waals surface area contributed by atoms with Crippen LogP contribution in [0.15, 0.2) is 42.5 Å². The Morgan fingerprint density at radius 2 is 1.80 bits per heavy atom. The van der Waals surface area contributed by atoms with Crippen molar-refractivity contribution >= 4 is 10.9 Å². The zero-order valence-electron chi connectivity index (χ0n) is 14.9. The van der Waals surface area contributed by atoms with Crippen LogP contribution in [0.2, 0.25) is 0 Å². The van der Waals surface area contributed by atoms with Crippen LogP contribution in [0.3, 0.4) is 0 Å². The molecule has 0 spiro atoms. The van der Waals surface area contributed by atoms with Gasteiger partial charge in [-0.05, 0) is 61.9 Å². The highest BCUT2D eigenvalue weighted by molar-refractivity contribution is 5.93. The maximum atomic E-state index is 14.4. The molecule has 3 aromatic rings. The highest BCUT2D eigenvalue weighted by Gasteiger charge is 2.17. The summed E-state index contributed by atoms with van der Waals surface area (Å²) >= 11 is 0. The topological polar surface area (TPSA) is 41.8 Å². The van der Waals surface area contributed by atoms with Crippen LogP contribution >= 0.6 is 0 Å². The molecule has 3 N–H and O–H groups in total. The van der Waals surface area contributed by atoms with E-state index in [0.717, 1.165) is 43.3 Å². The molecule has 0 unspecified atom stereocenters. The van der Waals surface area contributed by atoms with E-state index in [4.69, 9.17) is 5.73 Å². The maximum Gasteiger partial charge on any atom is 0.132 e. The number of aromatic nitrogens is 1. The van der Waals surface area contributed by atoms with E-state index in [1.54, 1.807) is 6.07 Å². The van der Waals surface area contributed by atoms with Gasteiger partial charge in [-0.2, -0.15) is 0 Å². The molecule has 0 radical (unpaired) electrons. The van der Waals surface area contributed by atoms with Crippen molar-refractivity contribution in [1.82, 2.24) is 4.98 Å². The van der Waals surface area contributed by atoms with E-state index in [1.807, 2.05) is 12.1 Å². The molecule has 3 heteroatoms. The first-order chi connectivity index (χ1) is 12.3. The number of nitrogens with one attached hydrogen (secondary N) is 1. The molecule has 1 aromatic heterocycles. The smallest absolute Gasteiger partial charge is 0.132 e. The van der Waals surface area contributed by atoms with E-state index in [9.17, 15) is 4.39 Å². The van der Waals surface area contributed by atoms with Crippen LogP contribution in [-0.2, 0) is 12.8 Å². The Balaban J connectivity index is 2.13. The lowest BCUT2D eigenvalue weighted by Gasteiger charge is -2.06. The number of nitrogens with two attached hydrogens (primary N) is 1. The van der Waals surface area contributed by atoms with Gasteiger partial charge in [0.25, 0.3) is 0 Å². The molecular weight excluding hydrogens is 311 g/mol. The Morgan fingerprint density at radius 1 is 0.960 bits per heavy atom. The Hall–Kier alpha value is -2.13. The van der Waals surface area contributed by atoms with Crippen LogP contribution in [0, 0.1) is 5.82 Å². The van der Waals surface area contributed by atoms with Gasteiger partial charge < -0.3 is 10.7 Å². The molecule has 2 aromatic carbocycles. The number of aromatic amines is 1. The molecule has 0 fully saturated rings. The second kappa shape index (κ2) is 8.30. The van der Waals surface area contributed by atoms with Crippen molar-refractivity contribution in [1.29, 1.82) is 0 Å². The van der Waals surface area contributed by atoms with E-state index < -0.39 is 0 Å². The molecule has 0 saturated carbocycles. The molecule has 0 amide bonds. The summed E-state index contributed by atoms with van der Waals surface area (Å²) in [6.07, 6.45) is 6.30. The van der Waals surface area contributed by atoms with Crippen LogP contribution in [0.4, 0.5) is 4.39 Å². The fraction of sp³-hybridized carbons (Fsp3) is 0.364. The second-order valence-electron chi connectivity index (χ2n) is 6.65. The highest BCUT2D eigenvalue weighted by atomic mass is 19.1. The van der Waals surface area contributed by atoms with Crippen LogP contribution in [-0.4, -0.2) is 11.5 Å². The number of fused-ring (bicyclic) bond motifs is 1. The number of halogens is 1. The monoisotopic (exact) mass is 338 g/mol. The first kappa shape index (κ1) is 17.7. The fourth-order valence-electron chi connectivity index (χ4n) is 3.51. The fourth-order valence-corrected chi connectivity index (χ4v) is 3.51. The van der Waals surface area contributed by atoms with E-state index in [1.165, 1.54) is 29.0 Å². The second-order valence-corrected chi connectivity index (χ2v) is 6.65. The number of hydrogen-bond donors (Lipinski definition) is 2. The summed E-state index contributed by atoms with van der Waals surface area (Å²) in [5.41, 5.74) is 10.9. The molecule has 0 aliphatic carbocycles. The predicted octanol–water partition coefficient (Wildman–Crippen LogP) is 5.60. The third-order valence-electron chi connectivity index (χ3n) is 4.85. The first-order valence-electron chi connectivity index (χ1n) is 9.33. The Kier molecular flexibility index (Phi) is 5.87. The Labute approximate surface area is 149 Å². The van der Waals surface area contributed by atoms with Gasteiger partial charge in [0.1, 0.15) is 5.82 Å². The molecule has 3 rings (SSSR count). The lowest BCUT2D eigenvalue weighted by molar-refractivity contribution is 0.630. The minimum Gasteiger partial charge on any atom is -0.354 e. The number of H-pyrrole nitrogens is 1. The van der Waals surface area contributed by atoms with Crippen LogP contribution in [0.1, 0.15) is 43.7 Å². The van der Waals surface area contributed by atoms with Gasteiger partial charge in [0.2, 0.25) is 0 Å². The van der Waals surface area contributed by atoms with Gasteiger partial charge in [-0.1, -0.05) is 43.7 Å². The van der Waals surface area contributed by atoms with Crippen molar-refractivity contribution in [2.75, 3.05) is 6.54 Å². The molecular formula is C22H27FN2. The number of unbranched alkanes of at least 4 members (excludes halogenated alkanes) is 2. The van der Waals surface area contributed by atoms with Gasteiger partial charge in [0, 0.05) is 16.5 Å². The van der Waals surface area contributed by atoms with Crippen molar-refractivity contribution in [3.05, 3.63) is 59.4 Å². The number of benzene rings is 2. The first-order valence-corrected chi connectivity index (χ1v) is 9.33. The molecule has 2 nitrogen and oxygen atoms in total. The summed E-state index contributed by atoms with van der Waals surface area (Å²) in [6, 6.07) is 13.5. The van der Waals surface area contributed by atoms with Crippen molar-refractivity contribution < 1.29 is 4.39 Å². The third-order valence-corrected chi connectivity index (χ3v) is 4.85. The maximum absolute atomic E-state index is 14.4. The summed E-state index contributed by atoms with van der Waals surface area (Å²) in [5, 5.41) is 1.23. The SMILES string of the molecule is CCCCc1cccc2c(CCCCN)c(-c3ccccc3F)[nH]c12. The lowest BCUT2D eigenvalue weighted by atomic mass is 9.98. The average Bonchev–Trinajstić information content (AvgIpc) is 3.00. The summed E-state index contributed by atoms with van der Waals surface area (Å²) in [5.74, 6) is -0.177. The van der Waals surface area contributed by atoms with Crippen molar-refractivity contribution in [3.8, 4) is 11.3 Å². The molecule has 0 atom stereocenters. The van der Waals surface area contributed by atoms with E-state index in [-0.39, 0.29) is 5.82 Å². The molecule has 0 saturated heterocycles. The summed E-state index contributed by atoms with van der Waals surface area (Å²) < 4.78 is 14.4. The number of aryl methyl sites for hydroxylation is 2. The van der Waals surface area contributed by atoms with Crippen LogP contribution in [0.25, 0.3) is 22.2 Å². The zero-order valence-corrected chi connectivity index (χ0v) is 14.9. The number of rotatable bonds is 8. The highest BCUT2D eigenvalue weighted by Crippen LogP contribution is 2.34. The van der Waals surface area contributed by atoms with E-state index in [0.29, 0.717) is 12.1 Å². The Morgan fingerprint density at radius 3 is 2.56 bits per heavy atom. The predicted molar refractivity (Wildman–Crippen MR) is 104 cm³/mol. The molecule has 0 bridgehead atoms. The molecule has 25 heavy (non-hydrogen) atoms. The van der Waals surface area contributed by atoms with Gasteiger partial charge in [-0.15, -0.1) is 0 Å². The lowest BCUT2D eigenvalue weighted by Crippen LogP contribution is -1.99. The van der Waals surface area contributed by atoms with Gasteiger partial charge in [-0.25, -0.2) is 4.39 Å². The van der Waals surface area contributed by atoms with Gasteiger partial charge in [0.05, 0.1) is 5.69 Å². The van der Waals surface area contributed by atoms with Crippen molar-refractivity contribution in [2.24, 2.45) is 5.73 Å². The normalized spacial score (nSPS) is 11.3. The quantitative estimate of drug-likeness (QED) is 0.516. The molecule has 132 valence electrons. The van der Waals surface area contributed by atoms with Gasteiger partial charge >= 0.3 is 0 Å². The summed E-state index contributed by atoms with van der Waals surface area (Å²) in [6.45, 7) is 2.90. The van der Waals surface area contributed by atoms with Crippen LogP contribution < -0.4 is 5.73 Å². The standard InChI is InChI=1S/C22H27FN2/c1-2-3-9-16-10-8-13-17-18(11-6-7-15-24)22(25-21(16)17)19-12-4-5-14-20(19)23/h4-5,8,10,12-14,25H,2-3,6-7,9,11,15,24H2,1H3. The van der Waals surface area contributed by atoms with Crippen molar-refractivity contribution in [3.63, 3.8) is 0 Å².